The first kappa shape index (κ1) is 19.1. The number of methoxy groups -OCH3 is 2. The normalized spacial score (nSPS) is 17.2. The summed E-state index contributed by atoms with van der Waals surface area (Å²) in [4.78, 5) is 13.2. The molecule has 4 rings (SSSR count). The monoisotopic (exact) mass is 391 g/mol. The zero-order valence-corrected chi connectivity index (χ0v) is 17.1. The minimum absolute atomic E-state index is 0.177. The van der Waals surface area contributed by atoms with E-state index in [1.165, 1.54) is 0 Å². The Kier molecular flexibility index (Phi) is 4.82. The summed E-state index contributed by atoms with van der Waals surface area (Å²) < 4.78 is 17.0. The van der Waals surface area contributed by atoms with E-state index in [1.54, 1.807) is 14.2 Å². The van der Waals surface area contributed by atoms with E-state index in [0.29, 0.717) is 17.7 Å². The number of carbonyl (C=O) groups is 1. The Labute approximate surface area is 170 Å². The van der Waals surface area contributed by atoms with Gasteiger partial charge >= 0.3 is 0 Å². The van der Waals surface area contributed by atoms with Crippen molar-refractivity contribution in [2.45, 2.75) is 31.9 Å². The molecule has 0 bridgehead atoms. The van der Waals surface area contributed by atoms with Crippen molar-refractivity contribution in [1.29, 1.82) is 0 Å². The summed E-state index contributed by atoms with van der Waals surface area (Å²) in [6.45, 7) is 4.05. The van der Waals surface area contributed by atoms with Gasteiger partial charge in [-0.3, -0.25) is 4.79 Å². The molecule has 0 aromatic heterocycles. The molecule has 1 amide bonds. The second-order valence-corrected chi connectivity index (χ2v) is 7.90. The second kappa shape index (κ2) is 7.32. The third-order valence-electron chi connectivity index (χ3n) is 5.29. The molecule has 0 saturated carbocycles. The smallest absolute Gasteiger partial charge is 0.255 e. The van der Waals surface area contributed by atoms with Crippen molar-refractivity contribution in [3.63, 3.8) is 0 Å². The van der Waals surface area contributed by atoms with Gasteiger partial charge in [0, 0.05) is 12.0 Å². The minimum atomic E-state index is -0.396. The van der Waals surface area contributed by atoms with E-state index in [1.807, 2.05) is 68.4 Å². The molecule has 0 spiro atoms. The molecule has 1 atom stereocenters. The Hall–Kier alpha value is -3.21. The number of benzene rings is 3. The van der Waals surface area contributed by atoms with E-state index in [9.17, 15) is 4.79 Å². The van der Waals surface area contributed by atoms with Gasteiger partial charge in [0.2, 0.25) is 0 Å². The van der Waals surface area contributed by atoms with Crippen LogP contribution in [-0.2, 0) is 0 Å². The molecule has 1 aliphatic rings. The lowest BCUT2D eigenvalue weighted by atomic mass is 9.89. The second-order valence-electron chi connectivity index (χ2n) is 7.90. The third-order valence-corrected chi connectivity index (χ3v) is 5.29. The van der Waals surface area contributed by atoms with Crippen LogP contribution in [0.3, 0.4) is 0 Å². The largest absolute Gasteiger partial charge is 0.497 e. The van der Waals surface area contributed by atoms with E-state index >= 15 is 0 Å². The van der Waals surface area contributed by atoms with Crippen molar-refractivity contribution in [3.8, 4) is 17.2 Å². The van der Waals surface area contributed by atoms with Crippen LogP contribution in [0.4, 0.5) is 0 Å². The van der Waals surface area contributed by atoms with Gasteiger partial charge in [0.1, 0.15) is 22.8 Å². The van der Waals surface area contributed by atoms with Crippen molar-refractivity contribution in [2.75, 3.05) is 14.2 Å². The van der Waals surface area contributed by atoms with Crippen LogP contribution in [0.15, 0.2) is 54.6 Å². The highest BCUT2D eigenvalue weighted by Gasteiger charge is 2.35. The van der Waals surface area contributed by atoms with Crippen LogP contribution in [0, 0.1) is 0 Å². The molecule has 1 N–H and O–H groups in total. The van der Waals surface area contributed by atoms with Gasteiger partial charge in [0.05, 0.1) is 25.8 Å². The first-order valence-electron chi connectivity index (χ1n) is 9.65. The summed E-state index contributed by atoms with van der Waals surface area (Å²) >= 11 is 0. The number of amides is 1. The number of hydrogen-bond acceptors (Lipinski definition) is 4. The number of hydrogen-bond donors (Lipinski definition) is 1. The van der Waals surface area contributed by atoms with Gasteiger partial charge in [-0.25, -0.2) is 0 Å². The van der Waals surface area contributed by atoms with E-state index in [2.05, 4.69) is 5.32 Å². The van der Waals surface area contributed by atoms with Crippen molar-refractivity contribution in [3.05, 3.63) is 65.7 Å². The lowest BCUT2D eigenvalue weighted by Crippen LogP contribution is -2.41. The van der Waals surface area contributed by atoms with Gasteiger partial charge < -0.3 is 19.5 Å². The van der Waals surface area contributed by atoms with Crippen LogP contribution >= 0.6 is 0 Å². The summed E-state index contributed by atoms with van der Waals surface area (Å²) in [5, 5.41) is 5.21. The Morgan fingerprint density at radius 1 is 1.03 bits per heavy atom. The van der Waals surface area contributed by atoms with E-state index in [-0.39, 0.29) is 11.9 Å². The molecule has 1 heterocycles. The van der Waals surface area contributed by atoms with Crippen LogP contribution in [0.5, 0.6) is 17.2 Å². The first-order chi connectivity index (χ1) is 13.9. The zero-order chi connectivity index (χ0) is 20.6. The molecule has 3 aromatic rings. The van der Waals surface area contributed by atoms with Gasteiger partial charge in [0.25, 0.3) is 5.91 Å². The summed E-state index contributed by atoms with van der Waals surface area (Å²) in [6, 6.07) is 17.2. The van der Waals surface area contributed by atoms with E-state index in [0.717, 1.165) is 27.8 Å². The average molecular weight is 391 g/mol. The van der Waals surface area contributed by atoms with E-state index < -0.39 is 5.60 Å². The summed E-state index contributed by atoms with van der Waals surface area (Å²) in [6.07, 6.45) is 0.648. The molecule has 0 fully saturated rings. The number of nitrogens with one attached hydrogen (secondary N) is 1. The van der Waals surface area contributed by atoms with Crippen molar-refractivity contribution in [1.82, 2.24) is 5.32 Å². The topological polar surface area (TPSA) is 56.8 Å². The molecule has 5 heteroatoms. The number of ether oxygens (including phenoxy) is 3. The van der Waals surface area contributed by atoms with Gasteiger partial charge in [-0.1, -0.05) is 24.3 Å². The standard InChI is InChI=1S/C24H25NO4/c1-24(2)14-20(18-13-17(27-3)9-10-21(18)29-24)25-23(26)19-11-15-7-5-6-8-16(15)12-22(19)28-4/h5-13,20H,14H2,1-4H3,(H,25,26). The van der Waals surface area contributed by atoms with Gasteiger partial charge in [-0.05, 0) is 55.0 Å². The molecule has 5 nitrogen and oxygen atoms in total. The Bertz CT molecular complexity index is 1070. The molecular weight excluding hydrogens is 366 g/mol. The lowest BCUT2D eigenvalue weighted by Gasteiger charge is -2.38. The fourth-order valence-electron chi connectivity index (χ4n) is 3.89. The maximum atomic E-state index is 13.2. The third kappa shape index (κ3) is 3.73. The molecule has 3 aromatic carbocycles. The zero-order valence-electron chi connectivity index (χ0n) is 17.1. The predicted octanol–water partition coefficient (Wildman–Crippen LogP) is 4.89. The maximum Gasteiger partial charge on any atom is 0.255 e. The molecule has 0 radical (unpaired) electrons. The molecular formula is C24H25NO4. The van der Waals surface area contributed by atoms with Gasteiger partial charge in [0.15, 0.2) is 0 Å². The highest BCUT2D eigenvalue weighted by molar-refractivity contribution is 6.01. The SMILES string of the molecule is COc1ccc2c(c1)C(NC(=O)c1cc3ccccc3cc1OC)CC(C)(C)O2. The number of fused-ring (bicyclic) bond motifs is 2. The molecule has 29 heavy (non-hydrogen) atoms. The molecule has 1 unspecified atom stereocenters. The van der Waals surface area contributed by atoms with E-state index in [4.69, 9.17) is 14.2 Å². The van der Waals surface area contributed by atoms with Crippen molar-refractivity contribution < 1.29 is 19.0 Å². The molecule has 1 aliphatic heterocycles. The van der Waals surface area contributed by atoms with Gasteiger partial charge in [-0.15, -0.1) is 0 Å². The predicted molar refractivity (Wildman–Crippen MR) is 113 cm³/mol. The highest BCUT2D eigenvalue weighted by Crippen LogP contribution is 2.41. The summed E-state index contributed by atoms with van der Waals surface area (Å²) in [5.41, 5.74) is 1.03. The summed E-state index contributed by atoms with van der Waals surface area (Å²) in [7, 11) is 3.21. The lowest BCUT2D eigenvalue weighted by molar-refractivity contribution is 0.0617. The van der Waals surface area contributed by atoms with Crippen LogP contribution in [0.2, 0.25) is 0 Å². The van der Waals surface area contributed by atoms with Gasteiger partial charge in [-0.2, -0.15) is 0 Å². The molecule has 150 valence electrons. The fraction of sp³-hybridized carbons (Fsp3) is 0.292. The molecule has 0 aliphatic carbocycles. The van der Waals surface area contributed by atoms with Crippen LogP contribution in [0.1, 0.15) is 42.2 Å². The Morgan fingerprint density at radius 2 is 1.76 bits per heavy atom. The summed E-state index contributed by atoms with van der Waals surface area (Å²) in [5.74, 6) is 1.87. The molecule has 0 saturated heterocycles. The van der Waals surface area contributed by atoms with Crippen LogP contribution < -0.4 is 19.5 Å². The average Bonchev–Trinajstić information content (AvgIpc) is 2.71. The minimum Gasteiger partial charge on any atom is -0.497 e. The van der Waals surface area contributed by atoms with Crippen LogP contribution in [-0.4, -0.2) is 25.7 Å². The number of carbonyl (C=O) groups excluding carboxylic acids is 1. The first-order valence-corrected chi connectivity index (χ1v) is 9.65. The maximum absolute atomic E-state index is 13.2. The Morgan fingerprint density at radius 3 is 2.45 bits per heavy atom. The van der Waals surface area contributed by atoms with Crippen molar-refractivity contribution >= 4 is 16.7 Å². The van der Waals surface area contributed by atoms with Crippen molar-refractivity contribution in [2.24, 2.45) is 0 Å². The Balaban J connectivity index is 1.70. The quantitative estimate of drug-likeness (QED) is 0.688. The van der Waals surface area contributed by atoms with Crippen LogP contribution in [0.25, 0.3) is 10.8 Å². The fourth-order valence-corrected chi connectivity index (χ4v) is 3.89. The highest BCUT2D eigenvalue weighted by atomic mass is 16.5. The number of rotatable bonds is 4.